The summed E-state index contributed by atoms with van der Waals surface area (Å²) in [7, 11) is 0. The molecule has 0 N–H and O–H groups in total. The molecule has 0 aliphatic heterocycles. The molecule has 7 heavy (non-hydrogen) atoms. The van der Waals surface area contributed by atoms with Crippen LogP contribution in [0.3, 0.4) is 0 Å². The SMILES string of the molecule is [2H]C([2H])([2H])c1[c]cccc1. The van der Waals surface area contributed by atoms with Gasteiger partial charge in [0.1, 0.15) is 0 Å². The van der Waals surface area contributed by atoms with Gasteiger partial charge >= 0.3 is 0 Å². The highest BCUT2D eigenvalue weighted by molar-refractivity contribution is 5.09. The van der Waals surface area contributed by atoms with Crippen molar-refractivity contribution in [1.82, 2.24) is 0 Å². The fraction of sp³-hybridized carbons (Fsp3) is 0.143. The average molecular weight is 94.2 g/mol. The van der Waals surface area contributed by atoms with E-state index >= 15 is 0 Å². The zero-order chi connectivity index (χ0) is 7.61. The van der Waals surface area contributed by atoms with Crippen molar-refractivity contribution < 1.29 is 4.11 Å². The van der Waals surface area contributed by atoms with Gasteiger partial charge in [-0.1, -0.05) is 24.3 Å². The average Bonchev–Trinajstić information content (AvgIpc) is 1.88. The summed E-state index contributed by atoms with van der Waals surface area (Å²) in [5, 5.41) is 0. The molecule has 1 aromatic carbocycles. The first-order valence-corrected chi connectivity index (χ1v) is 2.08. The Bertz CT molecular complexity index is 200. The Morgan fingerprint density at radius 1 is 1.71 bits per heavy atom. The monoisotopic (exact) mass is 94.1 g/mol. The van der Waals surface area contributed by atoms with Gasteiger partial charge in [0, 0.05) is 4.11 Å². The predicted octanol–water partition coefficient (Wildman–Crippen LogP) is 1.80. The van der Waals surface area contributed by atoms with E-state index in [9.17, 15) is 0 Å². The van der Waals surface area contributed by atoms with Crippen molar-refractivity contribution in [3.8, 4) is 0 Å². The summed E-state index contributed by atoms with van der Waals surface area (Å²) in [6.45, 7) is -2.01. The molecule has 0 bridgehead atoms. The summed E-state index contributed by atoms with van der Waals surface area (Å²) < 4.78 is 20.9. The van der Waals surface area contributed by atoms with Crippen LogP contribution < -0.4 is 0 Å². The first kappa shape index (κ1) is 1.99. The molecule has 0 atom stereocenters. The molecular formula is C7H7. The number of aryl methyl sites for hydroxylation is 1. The van der Waals surface area contributed by atoms with E-state index in [2.05, 4.69) is 6.07 Å². The lowest BCUT2D eigenvalue weighted by Gasteiger charge is -1.81. The smallest absolute Gasteiger partial charge is 0.0280 e. The van der Waals surface area contributed by atoms with E-state index in [-0.39, 0.29) is 5.56 Å². The molecule has 0 fully saturated rings. The lowest BCUT2D eigenvalue weighted by molar-refractivity contribution is 1.46. The number of benzene rings is 1. The molecule has 1 rings (SSSR count). The molecule has 1 radical (unpaired) electrons. The molecule has 0 unspecified atom stereocenters. The van der Waals surface area contributed by atoms with Crippen LogP contribution in [-0.2, 0) is 0 Å². The number of hydrogen-bond acceptors (Lipinski definition) is 0. The van der Waals surface area contributed by atoms with Gasteiger partial charge in [-0.2, -0.15) is 0 Å². The van der Waals surface area contributed by atoms with E-state index in [1.165, 1.54) is 0 Å². The van der Waals surface area contributed by atoms with Gasteiger partial charge in [0.15, 0.2) is 0 Å². The Labute approximate surface area is 48.0 Å². The van der Waals surface area contributed by atoms with Crippen LogP contribution in [0.15, 0.2) is 24.3 Å². The van der Waals surface area contributed by atoms with E-state index in [1.807, 2.05) is 0 Å². The summed E-state index contributed by atoms with van der Waals surface area (Å²) in [6.07, 6.45) is 0. The molecule has 0 saturated heterocycles. The summed E-state index contributed by atoms with van der Waals surface area (Å²) in [4.78, 5) is 0. The Morgan fingerprint density at radius 2 is 2.71 bits per heavy atom. The molecule has 0 aromatic heterocycles. The van der Waals surface area contributed by atoms with Crippen molar-refractivity contribution in [3.05, 3.63) is 35.9 Å². The Balaban J connectivity index is 2.97. The Hall–Kier alpha value is -0.780. The zero-order valence-electron chi connectivity index (χ0n) is 6.81. The third-order valence-electron chi connectivity index (χ3n) is 0.709. The van der Waals surface area contributed by atoms with Crippen LogP contribution in [0.25, 0.3) is 0 Å². The molecule has 35 valence electrons. The lowest BCUT2D eigenvalue weighted by Crippen LogP contribution is -1.63. The van der Waals surface area contributed by atoms with Crippen molar-refractivity contribution in [3.63, 3.8) is 0 Å². The second-order valence-electron chi connectivity index (χ2n) is 1.28. The fourth-order valence-corrected chi connectivity index (χ4v) is 0.393. The Morgan fingerprint density at radius 3 is 3.14 bits per heavy atom. The second-order valence-corrected chi connectivity index (χ2v) is 1.28. The van der Waals surface area contributed by atoms with E-state index in [1.54, 1.807) is 24.3 Å². The van der Waals surface area contributed by atoms with Gasteiger partial charge in [-0.3, -0.25) is 0 Å². The third kappa shape index (κ3) is 1.04. The van der Waals surface area contributed by atoms with Crippen LogP contribution in [0, 0.1) is 12.9 Å². The molecule has 0 heterocycles. The van der Waals surface area contributed by atoms with Crippen LogP contribution in [0.2, 0.25) is 0 Å². The minimum Gasteiger partial charge on any atom is -0.0620 e. The van der Waals surface area contributed by atoms with Crippen LogP contribution in [0.5, 0.6) is 0 Å². The molecule has 0 aliphatic carbocycles. The number of hydrogen-bond donors (Lipinski definition) is 0. The van der Waals surface area contributed by atoms with Crippen molar-refractivity contribution in [2.75, 3.05) is 0 Å². The van der Waals surface area contributed by atoms with Gasteiger partial charge in [-0.05, 0) is 18.5 Å². The first-order chi connectivity index (χ1) is 4.61. The quantitative estimate of drug-likeness (QED) is 0.460. The van der Waals surface area contributed by atoms with Gasteiger partial charge in [-0.15, -0.1) is 0 Å². The molecule has 0 spiro atoms. The topological polar surface area (TPSA) is 0 Å². The van der Waals surface area contributed by atoms with Crippen molar-refractivity contribution >= 4 is 0 Å². The normalized spacial score (nSPS) is 16.9. The summed E-state index contributed by atoms with van der Waals surface area (Å²) in [6, 6.07) is 9.23. The highest BCUT2D eigenvalue weighted by atomic mass is 13.8. The lowest BCUT2D eigenvalue weighted by atomic mass is 10.2. The summed E-state index contributed by atoms with van der Waals surface area (Å²) in [5.74, 6) is 0. The predicted molar refractivity (Wildman–Crippen MR) is 30.0 cm³/mol. The van der Waals surface area contributed by atoms with E-state index in [0.717, 1.165) is 0 Å². The minimum absolute atomic E-state index is 0.273. The van der Waals surface area contributed by atoms with E-state index < -0.39 is 6.85 Å². The van der Waals surface area contributed by atoms with Crippen LogP contribution in [-0.4, -0.2) is 0 Å². The van der Waals surface area contributed by atoms with Crippen LogP contribution in [0.4, 0.5) is 0 Å². The molecule has 0 heteroatoms. The molecule has 0 saturated carbocycles. The van der Waals surface area contributed by atoms with Gasteiger partial charge in [0.2, 0.25) is 0 Å². The highest BCUT2D eigenvalue weighted by Gasteiger charge is 1.73. The summed E-state index contributed by atoms with van der Waals surface area (Å²) >= 11 is 0. The molecule has 0 aliphatic rings. The maximum absolute atomic E-state index is 6.97. The molecular weight excluding hydrogens is 84.1 g/mol. The number of rotatable bonds is 0. The maximum Gasteiger partial charge on any atom is 0.0280 e. The van der Waals surface area contributed by atoms with Crippen molar-refractivity contribution in [1.29, 1.82) is 0 Å². The van der Waals surface area contributed by atoms with Crippen LogP contribution >= 0.6 is 0 Å². The van der Waals surface area contributed by atoms with E-state index in [0.29, 0.717) is 0 Å². The molecule has 0 nitrogen and oxygen atoms in total. The minimum atomic E-state index is -2.01. The standard InChI is InChI=1S/C7H7/c1-7-5-3-2-4-6-7/h2-5H,1H3/i1D3. The van der Waals surface area contributed by atoms with E-state index in [4.69, 9.17) is 4.11 Å². The first-order valence-electron chi connectivity index (χ1n) is 3.58. The zero-order valence-corrected chi connectivity index (χ0v) is 3.81. The fourth-order valence-electron chi connectivity index (χ4n) is 0.393. The highest BCUT2D eigenvalue weighted by Crippen LogP contribution is 1.90. The van der Waals surface area contributed by atoms with Gasteiger partial charge in [-0.25, -0.2) is 0 Å². The molecule has 1 aromatic rings. The van der Waals surface area contributed by atoms with Gasteiger partial charge < -0.3 is 0 Å². The van der Waals surface area contributed by atoms with Gasteiger partial charge in [0.05, 0.1) is 0 Å². The van der Waals surface area contributed by atoms with Crippen molar-refractivity contribution in [2.24, 2.45) is 0 Å². The molecule has 0 amide bonds. The van der Waals surface area contributed by atoms with Gasteiger partial charge in [0.25, 0.3) is 0 Å². The van der Waals surface area contributed by atoms with Crippen molar-refractivity contribution in [2.45, 2.75) is 6.85 Å². The largest absolute Gasteiger partial charge is 0.0620 e. The Kier molecular flexibility index (Phi) is 0.508. The van der Waals surface area contributed by atoms with Crippen LogP contribution in [0.1, 0.15) is 9.68 Å². The summed E-state index contributed by atoms with van der Waals surface area (Å²) in [5.41, 5.74) is 0.273. The third-order valence-corrected chi connectivity index (χ3v) is 0.709. The maximum atomic E-state index is 6.97. The second kappa shape index (κ2) is 1.78.